The van der Waals surface area contributed by atoms with Crippen LogP contribution < -0.4 is 0 Å². The van der Waals surface area contributed by atoms with Gasteiger partial charge in [0.15, 0.2) is 0 Å². The highest BCUT2D eigenvalue weighted by Gasteiger charge is 2.11. The highest BCUT2D eigenvalue weighted by Crippen LogP contribution is 2.30. The molecule has 2 aromatic carbocycles. The standard InChI is InChI=1S/C24H30N2O2/c1-4-5-6-7-8-11-16-26-23-13-10-9-12-21(23)22-17-20(14-15-24(22)26)18(2)25-28-19(3)27/h9-10,12-15,17H,4-8,11,16H2,1-3H3/b25-18+. The van der Waals surface area contributed by atoms with E-state index >= 15 is 0 Å². The first-order valence-corrected chi connectivity index (χ1v) is 10.4. The van der Waals surface area contributed by atoms with Crippen LogP contribution in [0.1, 0.15) is 64.9 Å². The lowest BCUT2D eigenvalue weighted by Gasteiger charge is -2.08. The summed E-state index contributed by atoms with van der Waals surface area (Å²) in [6, 6.07) is 14.9. The number of oxime groups is 1. The van der Waals surface area contributed by atoms with Crippen LogP contribution in [-0.2, 0) is 16.2 Å². The van der Waals surface area contributed by atoms with Crippen molar-refractivity contribution in [3.05, 3.63) is 48.0 Å². The summed E-state index contributed by atoms with van der Waals surface area (Å²) in [4.78, 5) is 15.8. The molecule has 1 aromatic heterocycles. The van der Waals surface area contributed by atoms with Gasteiger partial charge in [-0.25, -0.2) is 4.79 Å². The van der Waals surface area contributed by atoms with Crippen molar-refractivity contribution in [2.24, 2.45) is 5.16 Å². The number of hydrogen-bond acceptors (Lipinski definition) is 3. The van der Waals surface area contributed by atoms with Gasteiger partial charge in [0.25, 0.3) is 0 Å². The number of aromatic nitrogens is 1. The fraction of sp³-hybridized carbons (Fsp3) is 0.417. The Hall–Kier alpha value is -2.62. The third-order valence-electron chi connectivity index (χ3n) is 5.24. The van der Waals surface area contributed by atoms with E-state index < -0.39 is 5.97 Å². The van der Waals surface area contributed by atoms with Crippen LogP contribution in [0.2, 0.25) is 0 Å². The van der Waals surface area contributed by atoms with Crippen LogP contribution >= 0.6 is 0 Å². The molecule has 0 radical (unpaired) electrons. The zero-order valence-corrected chi connectivity index (χ0v) is 17.2. The van der Waals surface area contributed by atoms with Gasteiger partial charge in [-0.05, 0) is 37.1 Å². The summed E-state index contributed by atoms with van der Waals surface area (Å²) in [6.07, 6.45) is 7.77. The van der Waals surface area contributed by atoms with Gasteiger partial charge >= 0.3 is 5.97 Å². The molecular formula is C24H30N2O2. The van der Waals surface area contributed by atoms with Gasteiger partial charge in [0.2, 0.25) is 0 Å². The van der Waals surface area contributed by atoms with Crippen molar-refractivity contribution in [3.8, 4) is 0 Å². The number of para-hydroxylation sites is 1. The monoisotopic (exact) mass is 378 g/mol. The van der Waals surface area contributed by atoms with Crippen LogP contribution in [0.25, 0.3) is 21.8 Å². The Morgan fingerprint density at radius 3 is 2.43 bits per heavy atom. The Bertz CT molecular complexity index is 985. The Labute approximate surface area is 167 Å². The second kappa shape index (κ2) is 9.54. The van der Waals surface area contributed by atoms with Gasteiger partial charge in [0.1, 0.15) is 0 Å². The molecule has 0 atom stereocenters. The average Bonchev–Trinajstić information content (AvgIpc) is 3.02. The molecular weight excluding hydrogens is 348 g/mol. The van der Waals surface area contributed by atoms with Crippen molar-refractivity contribution in [3.63, 3.8) is 0 Å². The van der Waals surface area contributed by atoms with E-state index in [-0.39, 0.29) is 0 Å². The van der Waals surface area contributed by atoms with Crippen LogP contribution in [0.3, 0.4) is 0 Å². The number of fused-ring (bicyclic) bond motifs is 3. The zero-order chi connectivity index (χ0) is 19.9. The van der Waals surface area contributed by atoms with E-state index in [1.807, 2.05) is 6.92 Å². The lowest BCUT2D eigenvalue weighted by molar-refractivity contribution is -0.140. The lowest BCUT2D eigenvalue weighted by Crippen LogP contribution is -2.00. The van der Waals surface area contributed by atoms with E-state index in [1.54, 1.807) is 0 Å². The third-order valence-corrected chi connectivity index (χ3v) is 5.24. The van der Waals surface area contributed by atoms with Crippen molar-refractivity contribution >= 4 is 33.5 Å². The van der Waals surface area contributed by atoms with Crippen molar-refractivity contribution in [2.75, 3.05) is 0 Å². The molecule has 3 rings (SSSR count). The predicted octanol–water partition coefficient (Wildman–Crippen LogP) is 6.44. The molecule has 0 aliphatic carbocycles. The summed E-state index contributed by atoms with van der Waals surface area (Å²) in [5.41, 5.74) is 4.19. The van der Waals surface area contributed by atoms with Gasteiger partial charge in [0, 0.05) is 35.3 Å². The SMILES string of the molecule is CCCCCCCCn1c2ccccc2c2cc(/C(C)=N/OC(C)=O)ccc21. The van der Waals surface area contributed by atoms with Crippen molar-refractivity contribution in [2.45, 2.75) is 65.8 Å². The van der Waals surface area contributed by atoms with Gasteiger partial charge in [-0.3, -0.25) is 0 Å². The molecule has 1 heterocycles. The first-order chi connectivity index (χ1) is 13.6. The summed E-state index contributed by atoms with van der Waals surface area (Å²) in [7, 11) is 0. The van der Waals surface area contributed by atoms with Crippen molar-refractivity contribution in [1.82, 2.24) is 4.57 Å². The van der Waals surface area contributed by atoms with Crippen molar-refractivity contribution in [1.29, 1.82) is 0 Å². The minimum absolute atomic E-state index is 0.407. The molecule has 0 aliphatic heterocycles. The molecule has 3 aromatic rings. The maximum atomic E-state index is 11.0. The molecule has 148 valence electrons. The van der Waals surface area contributed by atoms with E-state index in [1.165, 1.54) is 67.3 Å². The van der Waals surface area contributed by atoms with Crippen LogP contribution in [0.5, 0.6) is 0 Å². The number of aryl methyl sites for hydroxylation is 1. The average molecular weight is 379 g/mol. The quantitative estimate of drug-likeness (QED) is 0.186. The Morgan fingerprint density at radius 2 is 1.64 bits per heavy atom. The maximum Gasteiger partial charge on any atom is 0.331 e. The van der Waals surface area contributed by atoms with E-state index in [2.05, 4.69) is 59.1 Å². The van der Waals surface area contributed by atoms with Crippen LogP contribution in [0.4, 0.5) is 0 Å². The summed E-state index contributed by atoms with van der Waals surface area (Å²) in [5, 5.41) is 6.41. The molecule has 0 aliphatic rings. The zero-order valence-electron chi connectivity index (χ0n) is 17.2. The van der Waals surface area contributed by atoms with E-state index in [0.717, 1.165) is 12.1 Å². The lowest BCUT2D eigenvalue weighted by atomic mass is 10.1. The highest BCUT2D eigenvalue weighted by atomic mass is 16.7. The largest absolute Gasteiger partial charge is 0.340 e. The number of unbranched alkanes of at least 4 members (excludes halogenated alkanes) is 5. The Balaban J connectivity index is 1.89. The Morgan fingerprint density at radius 1 is 0.929 bits per heavy atom. The minimum atomic E-state index is -0.407. The molecule has 0 N–H and O–H groups in total. The molecule has 0 fully saturated rings. The first-order valence-electron chi connectivity index (χ1n) is 10.4. The number of nitrogens with zero attached hydrogens (tertiary/aromatic N) is 2. The summed E-state index contributed by atoms with van der Waals surface area (Å²) >= 11 is 0. The molecule has 28 heavy (non-hydrogen) atoms. The second-order valence-electron chi connectivity index (χ2n) is 7.43. The normalized spacial score (nSPS) is 12.0. The molecule has 0 saturated heterocycles. The number of carbonyl (C=O) groups is 1. The molecule has 0 saturated carbocycles. The van der Waals surface area contributed by atoms with Gasteiger partial charge < -0.3 is 9.40 Å². The molecule has 4 heteroatoms. The molecule has 0 bridgehead atoms. The fourth-order valence-corrected chi connectivity index (χ4v) is 3.76. The van der Waals surface area contributed by atoms with Crippen LogP contribution in [0, 0.1) is 0 Å². The van der Waals surface area contributed by atoms with Crippen LogP contribution in [-0.4, -0.2) is 16.2 Å². The second-order valence-corrected chi connectivity index (χ2v) is 7.43. The van der Waals surface area contributed by atoms with Crippen molar-refractivity contribution < 1.29 is 9.63 Å². The van der Waals surface area contributed by atoms with Gasteiger partial charge in [0.05, 0.1) is 5.71 Å². The van der Waals surface area contributed by atoms with Gasteiger partial charge in [-0.15, -0.1) is 0 Å². The molecule has 0 unspecified atom stereocenters. The predicted molar refractivity (Wildman–Crippen MR) is 117 cm³/mol. The summed E-state index contributed by atoms with van der Waals surface area (Å²) in [6.45, 7) is 6.51. The molecule has 0 spiro atoms. The first kappa shape index (κ1) is 20.1. The van der Waals surface area contributed by atoms with E-state index in [9.17, 15) is 4.79 Å². The third kappa shape index (κ3) is 4.61. The number of rotatable bonds is 9. The fourth-order valence-electron chi connectivity index (χ4n) is 3.76. The van der Waals surface area contributed by atoms with E-state index in [0.29, 0.717) is 5.71 Å². The topological polar surface area (TPSA) is 43.6 Å². The van der Waals surface area contributed by atoms with E-state index in [4.69, 9.17) is 4.84 Å². The number of benzene rings is 2. The van der Waals surface area contributed by atoms with Gasteiger partial charge in [-0.1, -0.05) is 68.4 Å². The van der Waals surface area contributed by atoms with Crippen LogP contribution in [0.15, 0.2) is 47.6 Å². The summed E-state index contributed by atoms with van der Waals surface area (Å²) in [5.74, 6) is -0.407. The number of hydrogen-bond donors (Lipinski definition) is 0. The Kier molecular flexibility index (Phi) is 6.85. The van der Waals surface area contributed by atoms with Gasteiger partial charge in [-0.2, -0.15) is 0 Å². The molecule has 0 amide bonds. The minimum Gasteiger partial charge on any atom is -0.340 e. The highest BCUT2D eigenvalue weighted by molar-refractivity contribution is 6.11. The molecule has 4 nitrogen and oxygen atoms in total. The summed E-state index contributed by atoms with van der Waals surface area (Å²) < 4.78 is 2.44. The smallest absolute Gasteiger partial charge is 0.331 e. The number of carbonyl (C=O) groups excluding carboxylic acids is 1. The maximum absolute atomic E-state index is 11.0.